The average molecular weight is 410 g/mol. The summed E-state index contributed by atoms with van der Waals surface area (Å²) in [7, 11) is 1.38. The molecule has 0 bridgehead atoms. The molecule has 9 heteroatoms. The molecule has 0 atom stereocenters. The summed E-state index contributed by atoms with van der Waals surface area (Å²) < 4.78 is 10.1. The quantitative estimate of drug-likeness (QED) is 0.553. The number of methoxy groups -OCH3 is 1. The lowest BCUT2D eigenvalue weighted by atomic mass is 10.2. The first-order valence-corrected chi connectivity index (χ1v) is 7.73. The molecular weight excluding hydrogens is 402 g/mol. The number of halogens is 4. The van der Waals surface area contributed by atoms with E-state index in [0.717, 1.165) is 12.1 Å². The first-order chi connectivity index (χ1) is 11.2. The number of rotatable bonds is 4. The molecule has 0 heterocycles. The summed E-state index contributed by atoms with van der Waals surface area (Å²) >= 11 is 23.8. The van der Waals surface area contributed by atoms with Crippen LogP contribution >= 0.6 is 46.4 Å². The van der Waals surface area contributed by atoms with Gasteiger partial charge in [-0.25, -0.2) is 9.59 Å². The van der Waals surface area contributed by atoms with Crippen LogP contribution in [0.5, 0.6) is 11.5 Å². The van der Waals surface area contributed by atoms with Crippen molar-refractivity contribution in [1.29, 1.82) is 0 Å². The van der Waals surface area contributed by atoms with E-state index in [0.29, 0.717) is 0 Å². The van der Waals surface area contributed by atoms with Crippen molar-refractivity contribution in [1.82, 2.24) is 0 Å². The van der Waals surface area contributed by atoms with Crippen LogP contribution in [0.2, 0.25) is 20.1 Å². The Morgan fingerprint density at radius 1 is 0.833 bits per heavy atom. The molecule has 0 saturated heterocycles. The van der Waals surface area contributed by atoms with E-state index in [9.17, 15) is 9.59 Å². The van der Waals surface area contributed by atoms with Crippen LogP contribution in [0.1, 0.15) is 20.7 Å². The Balaban J connectivity index is 2.35. The van der Waals surface area contributed by atoms with Crippen molar-refractivity contribution in [3.05, 3.63) is 55.5 Å². The lowest BCUT2D eigenvalue weighted by Gasteiger charge is -2.11. The summed E-state index contributed by atoms with van der Waals surface area (Å²) in [5, 5.41) is 8.92. The highest BCUT2D eigenvalue weighted by molar-refractivity contribution is 6.38. The zero-order chi connectivity index (χ0) is 18.0. The minimum absolute atomic E-state index is 0.0419. The average Bonchev–Trinajstić information content (AvgIpc) is 2.49. The van der Waals surface area contributed by atoms with Gasteiger partial charge in [-0.2, -0.15) is 0 Å². The fraction of sp³-hybridized carbons (Fsp3) is 0.0667. The van der Waals surface area contributed by atoms with E-state index >= 15 is 0 Å². The Kier molecular flexibility index (Phi) is 5.83. The number of ether oxygens (including phenoxy) is 2. The van der Waals surface area contributed by atoms with Gasteiger partial charge in [0, 0.05) is 0 Å². The van der Waals surface area contributed by atoms with Crippen LogP contribution < -0.4 is 9.47 Å². The Morgan fingerprint density at radius 2 is 1.25 bits per heavy atom. The zero-order valence-corrected chi connectivity index (χ0v) is 14.9. The van der Waals surface area contributed by atoms with Gasteiger partial charge in [0.25, 0.3) is 0 Å². The minimum atomic E-state index is -1.22. The number of carboxylic acid groups (broad SMARTS) is 1. The van der Waals surface area contributed by atoms with Crippen LogP contribution in [0.15, 0.2) is 24.3 Å². The smallest absolute Gasteiger partial charge is 0.343 e. The number of esters is 1. The summed E-state index contributed by atoms with van der Waals surface area (Å²) in [4.78, 5) is 23.2. The molecule has 0 fully saturated rings. The number of hydrogen-bond acceptors (Lipinski definition) is 4. The first-order valence-electron chi connectivity index (χ1n) is 6.22. The molecule has 0 aliphatic carbocycles. The number of hydrogen-bond donors (Lipinski definition) is 1. The Bertz CT molecular complexity index is 789. The molecular formula is C15H8Cl4O5. The molecule has 2 rings (SSSR count). The standard InChI is InChI=1S/C15H8Cl4O5/c1-23-12-8(16)4-7(5-9(12)17)15(22)24-13-10(18)2-6(14(20)21)3-11(13)19/h2-5H,1H3,(H,20,21). The number of carboxylic acids is 1. The number of carbonyl (C=O) groups excluding carboxylic acids is 1. The van der Waals surface area contributed by atoms with E-state index in [-0.39, 0.29) is 42.7 Å². The molecule has 2 aromatic carbocycles. The third-order valence-corrected chi connectivity index (χ3v) is 4.00. The number of benzene rings is 2. The number of carbonyl (C=O) groups is 2. The van der Waals surface area contributed by atoms with E-state index in [1.165, 1.54) is 19.2 Å². The lowest BCUT2D eigenvalue weighted by Crippen LogP contribution is -2.10. The Morgan fingerprint density at radius 3 is 1.67 bits per heavy atom. The second kappa shape index (κ2) is 7.49. The van der Waals surface area contributed by atoms with E-state index in [1.54, 1.807) is 0 Å². The second-order valence-electron chi connectivity index (χ2n) is 4.44. The fourth-order valence-corrected chi connectivity index (χ4v) is 3.01. The van der Waals surface area contributed by atoms with Crippen molar-refractivity contribution < 1.29 is 24.2 Å². The van der Waals surface area contributed by atoms with Gasteiger partial charge in [0.05, 0.1) is 38.3 Å². The largest absolute Gasteiger partial charge is 0.494 e. The molecule has 1 N–H and O–H groups in total. The summed E-state index contributed by atoms with van der Waals surface area (Å²) in [5.41, 5.74) is -0.0967. The van der Waals surface area contributed by atoms with E-state index in [1.807, 2.05) is 0 Å². The van der Waals surface area contributed by atoms with Crippen LogP contribution in [0.4, 0.5) is 0 Å². The highest BCUT2D eigenvalue weighted by atomic mass is 35.5. The highest BCUT2D eigenvalue weighted by Crippen LogP contribution is 2.37. The summed E-state index contributed by atoms with van der Waals surface area (Å²) in [6.07, 6.45) is 0. The van der Waals surface area contributed by atoms with Gasteiger partial charge < -0.3 is 14.6 Å². The van der Waals surface area contributed by atoms with Crippen LogP contribution in [-0.4, -0.2) is 24.2 Å². The molecule has 0 saturated carbocycles. The van der Waals surface area contributed by atoms with Crippen LogP contribution in [0.25, 0.3) is 0 Å². The SMILES string of the molecule is COc1c(Cl)cc(C(=O)Oc2c(Cl)cc(C(=O)O)cc2Cl)cc1Cl. The highest BCUT2D eigenvalue weighted by Gasteiger charge is 2.19. The molecule has 0 aromatic heterocycles. The summed E-state index contributed by atoms with van der Waals surface area (Å²) in [6, 6.07) is 4.85. The van der Waals surface area contributed by atoms with Crippen molar-refractivity contribution in [2.24, 2.45) is 0 Å². The monoisotopic (exact) mass is 408 g/mol. The predicted octanol–water partition coefficient (Wildman–Crippen LogP) is 5.23. The maximum Gasteiger partial charge on any atom is 0.343 e. The third kappa shape index (κ3) is 3.87. The molecule has 0 amide bonds. The molecule has 0 spiro atoms. The van der Waals surface area contributed by atoms with Gasteiger partial charge in [0.2, 0.25) is 0 Å². The second-order valence-corrected chi connectivity index (χ2v) is 6.07. The van der Waals surface area contributed by atoms with Gasteiger partial charge in [-0.3, -0.25) is 0 Å². The maximum atomic E-state index is 12.2. The van der Waals surface area contributed by atoms with Crippen molar-refractivity contribution in [3.8, 4) is 11.5 Å². The van der Waals surface area contributed by atoms with Crippen molar-refractivity contribution in [2.75, 3.05) is 7.11 Å². The molecule has 0 aliphatic heterocycles. The van der Waals surface area contributed by atoms with Gasteiger partial charge in [-0.1, -0.05) is 46.4 Å². The Labute approximate surface area is 156 Å². The van der Waals surface area contributed by atoms with Gasteiger partial charge in [0.15, 0.2) is 11.5 Å². The normalized spacial score (nSPS) is 10.4. The van der Waals surface area contributed by atoms with Gasteiger partial charge >= 0.3 is 11.9 Å². The zero-order valence-electron chi connectivity index (χ0n) is 11.9. The summed E-state index contributed by atoms with van der Waals surface area (Å²) in [6.45, 7) is 0. The first kappa shape index (κ1) is 18.7. The molecule has 24 heavy (non-hydrogen) atoms. The van der Waals surface area contributed by atoms with Crippen molar-refractivity contribution >= 4 is 58.3 Å². The maximum absolute atomic E-state index is 12.2. The molecule has 5 nitrogen and oxygen atoms in total. The fourth-order valence-electron chi connectivity index (χ4n) is 1.81. The topological polar surface area (TPSA) is 72.8 Å². The molecule has 2 aromatic rings. The Hall–Kier alpha value is -1.66. The summed E-state index contributed by atoms with van der Waals surface area (Å²) in [5.74, 6) is -1.99. The van der Waals surface area contributed by atoms with Crippen LogP contribution in [0, 0.1) is 0 Å². The van der Waals surface area contributed by atoms with Crippen LogP contribution in [-0.2, 0) is 0 Å². The van der Waals surface area contributed by atoms with E-state index in [4.69, 9.17) is 61.0 Å². The number of aromatic carboxylic acids is 1. The molecule has 0 unspecified atom stereocenters. The molecule has 0 aliphatic rings. The predicted molar refractivity (Wildman–Crippen MR) is 91.4 cm³/mol. The van der Waals surface area contributed by atoms with Crippen molar-refractivity contribution in [3.63, 3.8) is 0 Å². The molecule has 126 valence electrons. The lowest BCUT2D eigenvalue weighted by molar-refractivity contribution is 0.0696. The van der Waals surface area contributed by atoms with E-state index in [2.05, 4.69) is 0 Å². The molecule has 0 radical (unpaired) electrons. The van der Waals surface area contributed by atoms with Crippen molar-refractivity contribution in [2.45, 2.75) is 0 Å². The van der Waals surface area contributed by atoms with Gasteiger partial charge in [-0.05, 0) is 24.3 Å². The van der Waals surface area contributed by atoms with Gasteiger partial charge in [0.1, 0.15) is 0 Å². The van der Waals surface area contributed by atoms with E-state index < -0.39 is 11.9 Å². The van der Waals surface area contributed by atoms with Gasteiger partial charge in [-0.15, -0.1) is 0 Å². The minimum Gasteiger partial charge on any atom is -0.494 e. The third-order valence-electron chi connectivity index (χ3n) is 2.88. The van der Waals surface area contributed by atoms with Crippen LogP contribution in [0.3, 0.4) is 0 Å².